The summed E-state index contributed by atoms with van der Waals surface area (Å²) in [6.45, 7) is 6.21. The normalized spacial score (nSPS) is 37.5. The average molecular weight is 280 g/mol. The van der Waals surface area contributed by atoms with Gasteiger partial charge < -0.3 is 0 Å². The fourth-order valence-corrected chi connectivity index (χ4v) is 3.17. The van der Waals surface area contributed by atoms with Gasteiger partial charge in [-0.25, -0.2) is 9.78 Å². The quantitative estimate of drug-likeness (QED) is 0.415. The first-order valence-corrected chi connectivity index (χ1v) is 8.11. The molecule has 0 aromatic carbocycles. The van der Waals surface area contributed by atoms with E-state index in [1.54, 1.807) is 0 Å². The van der Waals surface area contributed by atoms with Crippen molar-refractivity contribution in [3.63, 3.8) is 0 Å². The van der Waals surface area contributed by atoms with Crippen LogP contribution in [-0.4, -0.2) is 17.5 Å². The molecule has 1 aliphatic heterocycles. The van der Waals surface area contributed by atoms with E-state index in [0.717, 1.165) is 12.8 Å². The first kappa shape index (κ1) is 15.7. The number of hydrogen-bond acceptors (Lipinski definition) is 3. The van der Waals surface area contributed by atoms with E-state index in [1.807, 2.05) is 13.8 Å². The van der Waals surface area contributed by atoms with Gasteiger partial charge >= 0.3 is 0 Å². The minimum atomic E-state index is -0.433. The molecular formula is C17H28O3. The highest BCUT2D eigenvalue weighted by Gasteiger charge is 2.48. The highest BCUT2D eigenvalue weighted by Crippen LogP contribution is 2.42. The van der Waals surface area contributed by atoms with Crippen LogP contribution >= 0.6 is 0 Å². The maximum Gasteiger partial charge on any atom is 0.138 e. The van der Waals surface area contributed by atoms with E-state index < -0.39 is 5.60 Å². The van der Waals surface area contributed by atoms with Gasteiger partial charge in [0.1, 0.15) is 17.5 Å². The average Bonchev–Trinajstić information content (AvgIpc) is 2.43. The van der Waals surface area contributed by atoms with Gasteiger partial charge in [-0.3, -0.25) is 4.79 Å². The zero-order valence-corrected chi connectivity index (χ0v) is 13.1. The summed E-state index contributed by atoms with van der Waals surface area (Å²) in [5.41, 5.74) is -0.433. The first-order chi connectivity index (χ1) is 9.57. The van der Waals surface area contributed by atoms with Crippen molar-refractivity contribution >= 4 is 5.78 Å². The molecule has 3 nitrogen and oxygen atoms in total. The van der Waals surface area contributed by atoms with Crippen molar-refractivity contribution in [2.24, 2.45) is 11.8 Å². The molecule has 0 amide bonds. The molecular weight excluding hydrogens is 252 g/mol. The van der Waals surface area contributed by atoms with E-state index >= 15 is 0 Å². The molecule has 0 radical (unpaired) electrons. The fourth-order valence-electron chi connectivity index (χ4n) is 3.17. The first-order valence-electron chi connectivity index (χ1n) is 8.11. The van der Waals surface area contributed by atoms with Crippen LogP contribution in [0.4, 0.5) is 0 Å². The Bertz CT molecular complexity index is 363. The van der Waals surface area contributed by atoms with Crippen molar-refractivity contribution in [3.05, 3.63) is 12.2 Å². The maximum atomic E-state index is 12.0. The largest absolute Gasteiger partial charge is 0.299 e. The third-order valence-electron chi connectivity index (χ3n) is 4.86. The van der Waals surface area contributed by atoms with E-state index in [9.17, 15) is 4.79 Å². The summed E-state index contributed by atoms with van der Waals surface area (Å²) in [4.78, 5) is 23.1. The molecule has 20 heavy (non-hydrogen) atoms. The Kier molecular flexibility index (Phi) is 5.39. The second-order valence-electron chi connectivity index (χ2n) is 6.55. The molecule has 3 heteroatoms. The number of ketones is 1. The summed E-state index contributed by atoms with van der Waals surface area (Å²) >= 11 is 0. The lowest BCUT2D eigenvalue weighted by Gasteiger charge is -2.45. The van der Waals surface area contributed by atoms with Crippen molar-refractivity contribution in [2.45, 2.75) is 77.4 Å². The number of Topliss-reactive ketones (excluding diaryl/α,β-unsaturated/α-hetero) is 1. The molecule has 0 spiro atoms. The summed E-state index contributed by atoms with van der Waals surface area (Å²) < 4.78 is 0. The molecule has 1 saturated heterocycles. The van der Waals surface area contributed by atoms with Crippen LogP contribution in [0.15, 0.2) is 12.2 Å². The summed E-state index contributed by atoms with van der Waals surface area (Å²) in [7, 11) is 0. The van der Waals surface area contributed by atoms with Gasteiger partial charge in [-0.2, -0.15) is 0 Å². The molecule has 0 aromatic heterocycles. The molecule has 114 valence electrons. The smallest absolute Gasteiger partial charge is 0.138 e. The van der Waals surface area contributed by atoms with Crippen LogP contribution in [0.25, 0.3) is 0 Å². The van der Waals surface area contributed by atoms with Gasteiger partial charge in [-0.15, -0.1) is 0 Å². The topological polar surface area (TPSA) is 35.5 Å². The summed E-state index contributed by atoms with van der Waals surface area (Å²) in [5.74, 6) is 0.558. The Morgan fingerprint density at radius 1 is 1.35 bits per heavy atom. The fraction of sp³-hybridized carbons (Fsp3) is 0.824. The molecule has 1 aliphatic carbocycles. The van der Waals surface area contributed by atoms with Crippen LogP contribution < -0.4 is 0 Å². The van der Waals surface area contributed by atoms with Crippen molar-refractivity contribution in [1.29, 1.82) is 0 Å². The molecule has 4 atom stereocenters. The number of rotatable bonds is 6. The van der Waals surface area contributed by atoms with E-state index in [4.69, 9.17) is 9.78 Å². The maximum absolute atomic E-state index is 12.0. The standard InChI is InChI=1S/C17H28O3/c1-4-5-6-7-8-9-10-17(3)14-11-15(18)13(2)16(12-14)19-20-17/h9-10,13-14,16H,4-8,11-12H2,1-3H3/t13-,14+,16+,17+/m0/s1. The van der Waals surface area contributed by atoms with E-state index in [2.05, 4.69) is 19.1 Å². The van der Waals surface area contributed by atoms with Crippen molar-refractivity contribution in [1.82, 2.24) is 0 Å². The molecule has 0 unspecified atom stereocenters. The summed E-state index contributed by atoms with van der Waals surface area (Å²) in [6, 6.07) is 0. The van der Waals surface area contributed by atoms with Gasteiger partial charge in [0, 0.05) is 18.3 Å². The van der Waals surface area contributed by atoms with Crippen molar-refractivity contribution < 1.29 is 14.6 Å². The minimum absolute atomic E-state index is 0.0196. The minimum Gasteiger partial charge on any atom is -0.299 e. The number of fused-ring (bicyclic) bond motifs is 2. The van der Waals surface area contributed by atoms with Gasteiger partial charge in [-0.05, 0) is 26.2 Å². The van der Waals surface area contributed by atoms with Gasteiger partial charge in [0.15, 0.2) is 0 Å². The lowest BCUT2D eigenvalue weighted by molar-refractivity contribution is -0.415. The lowest BCUT2D eigenvalue weighted by atomic mass is 9.71. The number of carbonyl (C=O) groups excluding carboxylic acids is 1. The Labute approximate surface area is 122 Å². The molecule has 1 heterocycles. The second-order valence-corrected chi connectivity index (χ2v) is 6.55. The highest BCUT2D eigenvalue weighted by atomic mass is 17.2. The van der Waals surface area contributed by atoms with Gasteiger partial charge in [0.05, 0.1) is 0 Å². The summed E-state index contributed by atoms with van der Waals surface area (Å²) in [5, 5.41) is 0. The van der Waals surface area contributed by atoms with Crippen LogP contribution in [-0.2, 0) is 14.6 Å². The number of carbonyl (C=O) groups is 1. The lowest BCUT2D eigenvalue weighted by Crippen LogP contribution is -2.52. The van der Waals surface area contributed by atoms with Crippen LogP contribution in [0.3, 0.4) is 0 Å². The zero-order chi connectivity index (χ0) is 14.6. The third kappa shape index (κ3) is 3.50. The predicted octanol–water partition coefficient (Wildman–Crippen LogP) is 4.22. The van der Waals surface area contributed by atoms with Gasteiger partial charge in [0.25, 0.3) is 0 Å². The monoisotopic (exact) mass is 280 g/mol. The number of hydrogen-bond donors (Lipinski definition) is 0. The molecule has 2 rings (SSSR count). The van der Waals surface area contributed by atoms with E-state index in [0.29, 0.717) is 12.2 Å². The van der Waals surface area contributed by atoms with Crippen molar-refractivity contribution in [2.75, 3.05) is 0 Å². The van der Waals surface area contributed by atoms with Crippen molar-refractivity contribution in [3.8, 4) is 0 Å². The number of allylic oxidation sites excluding steroid dienone is 1. The molecule has 2 bridgehead atoms. The molecule has 2 fully saturated rings. The van der Waals surface area contributed by atoms with Gasteiger partial charge in [0.2, 0.25) is 0 Å². The van der Waals surface area contributed by atoms with Crippen LogP contribution in [0.1, 0.15) is 65.7 Å². The second kappa shape index (κ2) is 6.86. The molecule has 0 aromatic rings. The van der Waals surface area contributed by atoms with E-state index in [1.165, 1.54) is 25.7 Å². The molecule has 2 aliphatic rings. The Balaban J connectivity index is 1.87. The molecule has 1 saturated carbocycles. The Hall–Kier alpha value is -0.670. The Morgan fingerprint density at radius 3 is 2.90 bits per heavy atom. The van der Waals surface area contributed by atoms with Gasteiger partial charge in [-0.1, -0.05) is 45.3 Å². The van der Waals surface area contributed by atoms with Crippen LogP contribution in [0.5, 0.6) is 0 Å². The summed E-state index contributed by atoms with van der Waals surface area (Å²) in [6.07, 6.45) is 12.0. The number of unbranched alkanes of at least 4 members (excludes halogenated alkanes) is 4. The zero-order valence-electron chi connectivity index (χ0n) is 13.1. The SMILES string of the molecule is CCCCCCC=C[C@@]1(C)OO[C@@H]2C[C@H]1CC(=O)[C@@H]2C. The van der Waals surface area contributed by atoms with Crippen LogP contribution in [0.2, 0.25) is 0 Å². The van der Waals surface area contributed by atoms with E-state index in [-0.39, 0.29) is 17.9 Å². The third-order valence-corrected chi connectivity index (χ3v) is 4.86. The highest BCUT2D eigenvalue weighted by molar-refractivity contribution is 5.82. The van der Waals surface area contributed by atoms with Crippen LogP contribution in [0, 0.1) is 11.8 Å². The molecule has 0 N–H and O–H groups in total. The Morgan fingerprint density at radius 2 is 2.15 bits per heavy atom. The predicted molar refractivity (Wildman–Crippen MR) is 79.2 cm³/mol.